The summed E-state index contributed by atoms with van der Waals surface area (Å²) in [5, 5.41) is 3.57. The molecule has 0 aromatic heterocycles. The van der Waals surface area contributed by atoms with Crippen molar-refractivity contribution in [1.82, 2.24) is 5.32 Å². The summed E-state index contributed by atoms with van der Waals surface area (Å²) in [7, 11) is 3.37. The summed E-state index contributed by atoms with van der Waals surface area (Å²) < 4.78 is 10.7. The quantitative estimate of drug-likeness (QED) is 0.848. The van der Waals surface area contributed by atoms with E-state index < -0.39 is 0 Å². The Hall–Kier alpha value is -1.22. The van der Waals surface area contributed by atoms with Gasteiger partial charge in [-0.2, -0.15) is 0 Å². The highest BCUT2D eigenvalue weighted by molar-refractivity contribution is 5.49. The van der Waals surface area contributed by atoms with E-state index in [4.69, 9.17) is 9.47 Å². The van der Waals surface area contributed by atoms with Crippen LogP contribution in [0.4, 0.5) is 0 Å². The highest BCUT2D eigenvalue weighted by Gasteiger charge is 2.23. The minimum Gasteiger partial charge on any atom is -0.493 e. The summed E-state index contributed by atoms with van der Waals surface area (Å²) in [6.45, 7) is 3.29. The molecular weight excluding hydrogens is 214 g/mol. The molecule has 3 nitrogen and oxygen atoms in total. The maximum atomic E-state index is 5.33. The number of hydrogen-bond acceptors (Lipinski definition) is 3. The van der Waals surface area contributed by atoms with Crippen LogP contribution in [0, 0.1) is 0 Å². The number of hydrogen-bond donors (Lipinski definition) is 1. The van der Waals surface area contributed by atoms with Gasteiger partial charge in [0.25, 0.3) is 0 Å². The number of methoxy groups -OCH3 is 2. The monoisotopic (exact) mass is 235 g/mol. The van der Waals surface area contributed by atoms with Crippen molar-refractivity contribution in [2.24, 2.45) is 0 Å². The first kappa shape index (κ1) is 12.2. The fourth-order valence-corrected chi connectivity index (χ4v) is 2.44. The molecule has 0 aliphatic heterocycles. The van der Waals surface area contributed by atoms with Crippen LogP contribution >= 0.6 is 0 Å². The molecule has 1 aromatic carbocycles. The van der Waals surface area contributed by atoms with Crippen LogP contribution in [-0.2, 0) is 12.8 Å². The van der Waals surface area contributed by atoms with E-state index in [9.17, 15) is 0 Å². The van der Waals surface area contributed by atoms with E-state index in [1.807, 2.05) is 0 Å². The summed E-state index contributed by atoms with van der Waals surface area (Å²) in [6, 6.07) is 4.80. The van der Waals surface area contributed by atoms with Crippen LogP contribution in [0.1, 0.15) is 24.5 Å². The van der Waals surface area contributed by atoms with Gasteiger partial charge in [-0.25, -0.2) is 0 Å². The van der Waals surface area contributed by atoms with Crippen LogP contribution in [0.5, 0.6) is 11.5 Å². The summed E-state index contributed by atoms with van der Waals surface area (Å²) in [5.41, 5.74) is 2.77. The lowest BCUT2D eigenvalue weighted by Crippen LogP contribution is -2.29. The van der Waals surface area contributed by atoms with Crippen LogP contribution < -0.4 is 14.8 Å². The van der Waals surface area contributed by atoms with Gasteiger partial charge in [0, 0.05) is 6.04 Å². The molecule has 0 bridgehead atoms. The third-order valence-corrected chi connectivity index (χ3v) is 3.32. The predicted octanol–water partition coefficient (Wildman–Crippen LogP) is 2.17. The van der Waals surface area contributed by atoms with E-state index in [0.29, 0.717) is 6.04 Å². The van der Waals surface area contributed by atoms with Gasteiger partial charge in [0.05, 0.1) is 14.2 Å². The Morgan fingerprint density at radius 3 is 2.06 bits per heavy atom. The van der Waals surface area contributed by atoms with E-state index in [1.165, 1.54) is 17.5 Å². The molecule has 0 spiro atoms. The second-order valence-corrected chi connectivity index (χ2v) is 4.54. The van der Waals surface area contributed by atoms with Crippen molar-refractivity contribution in [3.63, 3.8) is 0 Å². The molecule has 0 saturated heterocycles. The van der Waals surface area contributed by atoms with Crippen LogP contribution in [0.2, 0.25) is 0 Å². The largest absolute Gasteiger partial charge is 0.493 e. The Morgan fingerprint density at radius 1 is 1.12 bits per heavy atom. The highest BCUT2D eigenvalue weighted by Crippen LogP contribution is 2.34. The van der Waals surface area contributed by atoms with Gasteiger partial charge >= 0.3 is 0 Å². The molecule has 94 valence electrons. The Morgan fingerprint density at radius 2 is 1.65 bits per heavy atom. The van der Waals surface area contributed by atoms with Gasteiger partial charge < -0.3 is 14.8 Å². The SMILES string of the molecule is CCCNC1Cc2cc(OC)c(OC)cc2C1. The van der Waals surface area contributed by atoms with Crippen LogP contribution in [-0.4, -0.2) is 26.8 Å². The van der Waals surface area contributed by atoms with E-state index in [1.54, 1.807) is 14.2 Å². The standard InChI is InChI=1S/C14H21NO2/c1-4-5-15-12-6-10-8-13(16-2)14(17-3)9-11(10)7-12/h8-9,12,15H,4-7H2,1-3H3. The van der Waals surface area contributed by atoms with E-state index in [2.05, 4.69) is 24.4 Å². The van der Waals surface area contributed by atoms with Gasteiger partial charge in [-0.1, -0.05) is 6.92 Å². The van der Waals surface area contributed by atoms with E-state index in [0.717, 1.165) is 30.9 Å². The average Bonchev–Trinajstić information content (AvgIpc) is 2.76. The topological polar surface area (TPSA) is 30.5 Å². The number of ether oxygens (including phenoxy) is 2. The fourth-order valence-electron chi connectivity index (χ4n) is 2.44. The van der Waals surface area contributed by atoms with Gasteiger partial charge in [0.15, 0.2) is 11.5 Å². The van der Waals surface area contributed by atoms with Gasteiger partial charge in [0.1, 0.15) is 0 Å². The zero-order valence-corrected chi connectivity index (χ0v) is 10.9. The number of nitrogens with one attached hydrogen (secondary N) is 1. The van der Waals surface area contributed by atoms with Gasteiger partial charge in [-0.15, -0.1) is 0 Å². The molecule has 0 fully saturated rings. The third kappa shape index (κ3) is 2.55. The van der Waals surface area contributed by atoms with Gasteiger partial charge in [0.2, 0.25) is 0 Å². The molecule has 3 heteroatoms. The Bertz CT molecular complexity index is 357. The summed E-state index contributed by atoms with van der Waals surface area (Å²) in [6.07, 6.45) is 3.37. The molecule has 1 N–H and O–H groups in total. The number of rotatable bonds is 5. The van der Waals surface area contributed by atoms with E-state index in [-0.39, 0.29) is 0 Å². The zero-order chi connectivity index (χ0) is 12.3. The van der Waals surface area contributed by atoms with Crippen LogP contribution in [0.3, 0.4) is 0 Å². The average molecular weight is 235 g/mol. The lowest BCUT2D eigenvalue weighted by molar-refractivity contribution is 0.354. The number of fused-ring (bicyclic) bond motifs is 1. The predicted molar refractivity (Wildman–Crippen MR) is 69.0 cm³/mol. The molecule has 1 aliphatic rings. The molecule has 1 aromatic rings. The molecular formula is C14H21NO2. The first-order valence-corrected chi connectivity index (χ1v) is 6.25. The molecule has 0 unspecified atom stereocenters. The number of benzene rings is 1. The molecule has 0 heterocycles. The molecule has 2 rings (SSSR count). The summed E-state index contributed by atoms with van der Waals surface area (Å²) in [5.74, 6) is 1.67. The van der Waals surface area contributed by atoms with Crippen molar-refractivity contribution in [3.8, 4) is 11.5 Å². The van der Waals surface area contributed by atoms with Crippen molar-refractivity contribution in [2.75, 3.05) is 20.8 Å². The Balaban J connectivity index is 2.15. The molecule has 1 aliphatic carbocycles. The molecule has 0 atom stereocenters. The van der Waals surface area contributed by atoms with Crippen molar-refractivity contribution in [2.45, 2.75) is 32.2 Å². The lowest BCUT2D eigenvalue weighted by atomic mass is 10.1. The lowest BCUT2D eigenvalue weighted by Gasteiger charge is -2.09. The fraction of sp³-hybridized carbons (Fsp3) is 0.571. The second-order valence-electron chi connectivity index (χ2n) is 4.54. The van der Waals surface area contributed by atoms with Crippen molar-refractivity contribution >= 4 is 0 Å². The van der Waals surface area contributed by atoms with Crippen LogP contribution in [0.25, 0.3) is 0 Å². The Kier molecular flexibility index (Phi) is 3.89. The first-order valence-electron chi connectivity index (χ1n) is 6.25. The zero-order valence-electron chi connectivity index (χ0n) is 10.9. The van der Waals surface area contributed by atoms with Crippen molar-refractivity contribution in [1.29, 1.82) is 0 Å². The van der Waals surface area contributed by atoms with Crippen molar-refractivity contribution < 1.29 is 9.47 Å². The maximum Gasteiger partial charge on any atom is 0.161 e. The van der Waals surface area contributed by atoms with Crippen LogP contribution in [0.15, 0.2) is 12.1 Å². The van der Waals surface area contributed by atoms with E-state index >= 15 is 0 Å². The summed E-state index contributed by atoms with van der Waals surface area (Å²) in [4.78, 5) is 0. The normalized spacial score (nSPS) is 14.8. The first-order chi connectivity index (χ1) is 8.28. The second kappa shape index (κ2) is 5.41. The highest BCUT2D eigenvalue weighted by atomic mass is 16.5. The summed E-state index contributed by atoms with van der Waals surface area (Å²) >= 11 is 0. The third-order valence-electron chi connectivity index (χ3n) is 3.32. The van der Waals surface area contributed by atoms with Gasteiger partial charge in [-0.05, 0) is 49.1 Å². The van der Waals surface area contributed by atoms with Gasteiger partial charge in [-0.3, -0.25) is 0 Å². The smallest absolute Gasteiger partial charge is 0.161 e. The molecule has 0 saturated carbocycles. The minimum absolute atomic E-state index is 0.571. The molecule has 0 radical (unpaired) electrons. The molecule has 0 amide bonds. The maximum absolute atomic E-state index is 5.33. The van der Waals surface area contributed by atoms with Crippen molar-refractivity contribution in [3.05, 3.63) is 23.3 Å². The minimum atomic E-state index is 0.571. The Labute approximate surface area is 103 Å². The molecule has 17 heavy (non-hydrogen) atoms.